The number of rotatable bonds is 4. The zero-order chi connectivity index (χ0) is 18.0. The Kier molecular flexibility index (Phi) is 4.82. The summed E-state index contributed by atoms with van der Waals surface area (Å²) >= 11 is 6.44. The average Bonchev–Trinajstić information content (AvgIpc) is 2.88. The Bertz CT molecular complexity index is 911. The van der Waals surface area contributed by atoms with E-state index in [1.807, 2.05) is 18.2 Å². The number of benzene rings is 2. The van der Waals surface area contributed by atoms with Gasteiger partial charge in [0.15, 0.2) is 4.32 Å². The van der Waals surface area contributed by atoms with E-state index in [-0.39, 0.29) is 11.6 Å². The molecule has 0 atom stereocenters. The number of anilines is 1. The Balaban J connectivity index is 1.93. The second-order valence-corrected chi connectivity index (χ2v) is 6.75. The van der Waals surface area contributed by atoms with Crippen molar-refractivity contribution in [2.45, 2.75) is 0 Å². The molecule has 0 aliphatic carbocycles. The van der Waals surface area contributed by atoms with Crippen molar-refractivity contribution in [2.75, 3.05) is 12.0 Å². The van der Waals surface area contributed by atoms with Crippen LogP contribution in [0.5, 0.6) is 5.75 Å². The first-order valence-corrected chi connectivity index (χ1v) is 8.38. The van der Waals surface area contributed by atoms with E-state index in [4.69, 9.17) is 17.0 Å². The summed E-state index contributed by atoms with van der Waals surface area (Å²) in [7, 11) is 1.57. The van der Waals surface area contributed by atoms with Gasteiger partial charge in [-0.3, -0.25) is 19.8 Å². The first-order valence-electron chi connectivity index (χ1n) is 7.16. The summed E-state index contributed by atoms with van der Waals surface area (Å²) in [4.78, 5) is 24.9. The summed E-state index contributed by atoms with van der Waals surface area (Å²) in [5.41, 5.74) is 1.09. The number of thiocarbonyl (C=S) groups is 1. The number of ether oxygens (including phenoxy) is 1. The van der Waals surface area contributed by atoms with Crippen molar-refractivity contribution in [2.24, 2.45) is 0 Å². The third-order valence-electron chi connectivity index (χ3n) is 3.48. The van der Waals surface area contributed by atoms with E-state index in [0.29, 0.717) is 20.7 Å². The molecule has 3 rings (SSSR count). The van der Waals surface area contributed by atoms with Gasteiger partial charge in [-0.25, -0.2) is 0 Å². The fourth-order valence-corrected chi connectivity index (χ4v) is 3.62. The average molecular weight is 372 g/mol. The molecule has 2 aromatic carbocycles. The summed E-state index contributed by atoms with van der Waals surface area (Å²) in [5.74, 6) is 0.376. The zero-order valence-corrected chi connectivity index (χ0v) is 14.7. The highest BCUT2D eigenvalue weighted by Gasteiger charge is 2.33. The van der Waals surface area contributed by atoms with Crippen molar-refractivity contribution >= 4 is 51.7 Å². The number of amides is 1. The number of hydrogen-bond acceptors (Lipinski definition) is 6. The van der Waals surface area contributed by atoms with Gasteiger partial charge in [-0.15, -0.1) is 0 Å². The molecular weight excluding hydrogens is 360 g/mol. The van der Waals surface area contributed by atoms with Gasteiger partial charge < -0.3 is 4.74 Å². The third kappa shape index (κ3) is 3.54. The number of nitrogens with zero attached hydrogens (tertiary/aromatic N) is 2. The number of carbonyl (C=O) groups excluding carboxylic acids is 1. The van der Waals surface area contributed by atoms with E-state index in [1.54, 1.807) is 25.3 Å². The number of carbonyl (C=O) groups is 1. The molecular formula is C17H12N2O4S2. The molecule has 126 valence electrons. The van der Waals surface area contributed by atoms with Crippen molar-refractivity contribution in [1.82, 2.24) is 0 Å². The van der Waals surface area contributed by atoms with Crippen LogP contribution < -0.4 is 9.64 Å². The maximum Gasteiger partial charge on any atom is 0.271 e. The lowest BCUT2D eigenvalue weighted by Gasteiger charge is -2.13. The molecule has 25 heavy (non-hydrogen) atoms. The lowest BCUT2D eigenvalue weighted by molar-refractivity contribution is -0.384. The van der Waals surface area contributed by atoms with Crippen LogP contribution in [0.15, 0.2) is 53.4 Å². The van der Waals surface area contributed by atoms with Crippen molar-refractivity contribution < 1.29 is 14.5 Å². The van der Waals surface area contributed by atoms with Crippen molar-refractivity contribution in [3.63, 3.8) is 0 Å². The second-order valence-electron chi connectivity index (χ2n) is 5.07. The summed E-state index contributed by atoms with van der Waals surface area (Å²) in [6.45, 7) is 0. The van der Waals surface area contributed by atoms with Gasteiger partial charge in [-0.1, -0.05) is 42.2 Å². The number of non-ortho nitro benzene ring substituents is 1. The zero-order valence-electron chi connectivity index (χ0n) is 13.0. The lowest BCUT2D eigenvalue weighted by Crippen LogP contribution is -2.27. The van der Waals surface area contributed by atoms with Gasteiger partial charge >= 0.3 is 0 Å². The third-order valence-corrected chi connectivity index (χ3v) is 4.79. The van der Waals surface area contributed by atoms with Crippen LogP contribution in [-0.2, 0) is 4.79 Å². The Morgan fingerprint density at radius 2 is 2.00 bits per heavy atom. The van der Waals surface area contributed by atoms with Crippen LogP contribution in [-0.4, -0.2) is 22.3 Å². The molecule has 1 aliphatic heterocycles. The number of methoxy groups -OCH3 is 1. The van der Waals surface area contributed by atoms with Crippen LogP contribution >= 0.6 is 24.0 Å². The number of nitro groups is 1. The second kappa shape index (κ2) is 7.04. The molecule has 1 amide bonds. The fourth-order valence-electron chi connectivity index (χ4n) is 2.32. The van der Waals surface area contributed by atoms with Gasteiger partial charge in [0.1, 0.15) is 5.75 Å². The first-order chi connectivity index (χ1) is 12.0. The molecule has 1 aliphatic rings. The Morgan fingerprint density at radius 1 is 1.24 bits per heavy atom. The van der Waals surface area contributed by atoms with Crippen molar-refractivity contribution in [3.05, 3.63) is 69.1 Å². The highest BCUT2D eigenvalue weighted by atomic mass is 32.2. The highest BCUT2D eigenvalue weighted by molar-refractivity contribution is 8.27. The standard InChI is InChI=1S/C17H12N2O4S2/c1-23-14-7-2-4-11(8-14)9-15-16(20)18(17(24)25-15)12-5-3-6-13(10-12)19(21)22/h2-10H,1H3/b15-9-. The van der Waals surface area contributed by atoms with Crippen LogP contribution in [0.3, 0.4) is 0 Å². The van der Waals surface area contributed by atoms with Gasteiger partial charge in [0.25, 0.3) is 11.6 Å². The maximum absolute atomic E-state index is 12.7. The molecule has 0 bridgehead atoms. The maximum atomic E-state index is 12.7. The van der Waals surface area contributed by atoms with Crippen LogP contribution in [0, 0.1) is 10.1 Å². The summed E-state index contributed by atoms with van der Waals surface area (Å²) in [5, 5.41) is 10.9. The summed E-state index contributed by atoms with van der Waals surface area (Å²) in [6.07, 6.45) is 1.72. The van der Waals surface area contributed by atoms with Gasteiger partial charge in [0, 0.05) is 12.1 Å². The molecule has 0 saturated carbocycles. The minimum absolute atomic E-state index is 0.0941. The molecule has 0 spiro atoms. The molecule has 0 N–H and O–H groups in total. The largest absolute Gasteiger partial charge is 0.497 e. The fraction of sp³-hybridized carbons (Fsp3) is 0.0588. The highest BCUT2D eigenvalue weighted by Crippen LogP contribution is 2.37. The molecule has 1 saturated heterocycles. The minimum atomic E-state index is -0.507. The Hall–Kier alpha value is -2.71. The number of thioether (sulfide) groups is 1. The van der Waals surface area contributed by atoms with E-state index < -0.39 is 4.92 Å². The van der Waals surface area contributed by atoms with Crippen LogP contribution in [0.25, 0.3) is 6.08 Å². The smallest absolute Gasteiger partial charge is 0.271 e. The predicted octanol–water partition coefficient (Wildman–Crippen LogP) is 4.01. The monoisotopic (exact) mass is 372 g/mol. The molecule has 1 fully saturated rings. The quantitative estimate of drug-likeness (QED) is 0.349. The SMILES string of the molecule is COc1cccc(/C=C2\SC(=S)N(c3cccc([N+](=O)[O-])c3)C2=O)c1. The summed E-state index contributed by atoms with van der Waals surface area (Å²) < 4.78 is 5.51. The normalized spacial score (nSPS) is 15.7. The van der Waals surface area contributed by atoms with Crippen LogP contribution in [0.4, 0.5) is 11.4 Å². The van der Waals surface area contributed by atoms with Crippen molar-refractivity contribution in [1.29, 1.82) is 0 Å². The van der Waals surface area contributed by atoms with Crippen LogP contribution in [0.1, 0.15) is 5.56 Å². The van der Waals surface area contributed by atoms with E-state index >= 15 is 0 Å². The Morgan fingerprint density at radius 3 is 2.72 bits per heavy atom. The summed E-state index contributed by atoms with van der Waals surface area (Å²) in [6, 6.07) is 13.1. The first kappa shape index (κ1) is 17.1. The molecule has 0 radical (unpaired) electrons. The topological polar surface area (TPSA) is 72.7 Å². The van der Waals surface area contributed by atoms with Crippen molar-refractivity contribution in [3.8, 4) is 5.75 Å². The lowest BCUT2D eigenvalue weighted by atomic mass is 10.2. The molecule has 6 nitrogen and oxygen atoms in total. The molecule has 2 aromatic rings. The number of nitro benzene ring substituents is 1. The van der Waals surface area contributed by atoms with Gasteiger partial charge in [0.05, 0.1) is 22.6 Å². The molecule has 0 unspecified atom stereocenters. The van der Waals surface area contributed by atoms with Crippen LogP contribution in [0.2, 0.25) is 0 Å². The predicted molar refractivity (Wildman–Crippen MR) is 102 cm³/mol. The van der Waals surface area contributed by atoms with E-state index in [0.717, 1.165) is 17.3 Å². The van der Waals surface area contributed by atoms with Gasteiger partial charge in [-0.05, 0) is 29.8 Å². The van der Waals surface area contributed by atoms with Gasteiger partial charge in [0.2, 0.25) is 0 Å². The molecule has 0 aromatic heterocycles. The molecule has 8 heteroatoms. The number of hydrogen-bond donors (Lipinski definition) is 0. The molecule has 1 heterocycles. The van der Waals surface area contributed by atoms with E-state index in [2.05, 4.69) is 0 Å². The van der Waals surface area contributed by atoms with Gasteiger partial charge in [-0.2, -0.15) is 0 Å². The van der Waals surface area contributed by atoms with E-state index in [1.165, 1.54) is 23.1 Å². The Labute approximate surface area is 153 Å². The van der Waals surface area contributed by atoms with E-state index in [9.17, 15) is 14.9 Å². The minimum Gasteiger partial charge on any atom is -0.497 e.